The highest BCUT2D eigenvalue weighted by atomic mass is 19.4. The Kier molecular flexibility index (Phi) is 6.23. The molecule has 10 nitrogen and oxygen atoms in total. The highest BCUT2D eigenvalue weighted by Gasteiger charge is 2.36. The van der Waals surface area contributed by atoms with E-state index in [0.29, 0.717) is 38.1 Å². The van der Waals surface area contributed by atoms with Crippen LogP contribution >= 0.6 is 0 Å². The molecule has 0 unspecified atom stereocenters. The fourth-order valence-corrected chi connectivity index (χ4v) is 4.59. The van der Waals surface area contributed by atoms with E-state index in [1.165, 1.54) is 19.2 Å². The van der Waals surface area contributed by atoms with Crippen molar-refractivity contribution in [2.75, 3.05) is 38.1 Å². The Balaban J connectivity index is 1.36. The van der Waals surface area contributed by atoms with E-state index in [2.05, 4.69) is 20.4 Å². The molecule has 0 radical (unpaired) electrons. The van der Waals surface area contributed by atoms with Crippen LogP contribution in [0.3, 0.4) is 0 Å². The van der Waals surface area contributed by atoms with Crippen molar-refractivity contribution in [3.05, 3.63) is 69.1 Å². The summed E-state index contributed by atoms with van der Waals surface area (Å²) in [5, 5.41) is 15.6. The molecule has 0 aliphatic carbocycles. The number of piperazine rings is 1. The number of halogens is 4. The smallest absolute Gasteiger partial charge is 0.367 e. The van der Waals surface area contributed by atoms with Crippen LogP contribution in [0.1, 0.15) is 27.3 Å². The van der Waals surface area contributed by atoms with E-state index in [4.69, 9.17) is 0 Å². The number of fused-ring (bicyclic) bond motifs is 3. The Bertz CT molecular complexity index is 1660. The minimum Gasteiger partial charge on any atom is -0.367 e. The SMILES string of the molecule is CNC(=O)c1ccc(N2CCN(Cc3ccc4c([nH]c(=O)c5c(C(F)(F)F)cnn54)c3F)CC2)c(C#N)n1. The third-order valence-electron chi connectivity index (χ3n) is 6.50. The van der Waals surface area contributed by atoms with Crippen LogP contribution in [0.4, 0.5) is 23.2 Å². The van der Waals surface area contributed by atoms with Crippen molar-refractivity contribution in [3.8, 4) is 6.07 Å². The molecule has 0 atom stereocenters. The van der Waals surface area contributed by atoms with Crippen LogP contribution in [0.15, 0.2) is 35.3 Å². The second-order valence-electron chi connectivity index (χ2n) is 8.72. The molecule has 1 aromatic carbocycles. The van der Waals surface area contributed by atoms with Crippen LogP contribution in [0.2, 0.25) is 0 Å². The van der Waals surface area contributed by atoms with Crippen molar-refractivity contribution in [3.63, 3.8) is 0 Å². The zero-order valence-electron chi connectivity index (χ0n) is 19.9. The van der Waals surface area contributed by atoms with E-state index in [-0.39, 0.29) is 34.5 Å². The van der Waals surface area contributed by atoms with E-state index >= 15 is 4.39 Å². The molecule has 5 rings (SSSR count). The Labute approximate surface area is 212 Å². The molecule has 4 heterocycles. The summed E-state index contributed by atoms with van der Waals surface area (Å²) in [5.74, 6) is -1.14. The first kappa shape index (κ1) is 25.2. The van der Waals surface area contributed by atoms with Gasteiger partial charge in [-0.2, -0.15) is 23.5 Å². The molecule has 0 bridgehead atoms. The van der Waals surface area contributed by atoms with Gasteiger partial charge in [-0.1, -0.05) is 6.07 Å². The highest BCUT2D eigenvalue weighted by Crippen LogP contribution is 2.32. The summed E-state index contributed by atoms with van der Waals surface area (Å²) in [6.07, 6.45) is -4.23. The predicted molar refractivity (Wildman–Crippen MR) is 128 cm³/mol. The van der Waals surface area contributed by atoms with E-state index in [1.807, 2.05) is 15.9 Å². The first-order valence-corrected chi connectivity index (χ1v) is 11.5. The zero-order chi connectivity index (χ0) is 27.2. The number of benzene rings is 1. The number of nitrogens with zero attached hydrogens (tertiary/aromatic N) is 6. The Hall–Kier alpha value is -4.51. The fraction of sp³-hybridized carbons (Fsp3) is 0.292. The number of carbonyl (C=O) groups excluding carboxylic acids is 1. The lowest BCUT2D eigenvalue weighted by atomic mass is 10.1. The molecule has 1 aliphatic rings. The summed E-state index contributed by atoms with van der Waals surface area (Å²) in [4.78, 5) is 34.6. The summed E-state index contributed by atoms with van der Waals surface area (Å²) >= 11 is 0. The zero-order valence-corrected chi connectivity index (χ0v) is 19.9. The second-order valence-corrected chi connectivity index (χ2v) is 8.72. The van der Waals surface area contributed by atoms with Crippen LogP contribution in [-0.2, 0) is 12.7 Å². The lowest BCUT2D eigenvalue weighted by Crippen LogP contribution is -2.46. The second kappa shape index (κ2) is 9.42. The topological polar surface area (TPSA) is 122 Å². The van der Waals surface area contributed by atoms with E-state index < -0.39 is 34.5 Å². The number of H-pyrrole nitrogens is 1. The first-order chi connectivity index (χ1) is 18.1. The Morgan fingerprint density at radius 3 is 2.58 bits per heavy atom. The van der Waals surface area contributed by atoms with Gasteiger partial charge >= 0.3 is 6.18 Å². The van der Waals surface area contributed by atoms with E-state index in [1.54, 1.807) is 12.1 Å². The average Bonchev–Trinajstić information content (AvgIpc) is 3.37. The lowest BCUT2D eigenvalue weighted by molar-refractivity contribution is -0.136. The molecule has 0 saturated carbocycles. The van der Waals surface area contributed by atoms with Crippen molar-refractivity contribution in [1.82, 2.24) is 29.8 Å². The number of aromatic nitrogens is 4. The Morgan fingerprint density at radius 1 is 1.18 bits per heavy atom. The maximum Gasteiger partial charge on any atom is 0.420 e. The van der Waals surface area contributed by atoms with Crippen LogP contribution in [-0.4, -0.2) is 63.6 Å². The van der Waals surface area contributed by atoms with Crippen molar-refractivity contribution in [2.45, 2.75) is 12.7 Å². The summed E-state index contributed by atoms with van der Waals surface area (Å²) in [6, 6.07) is 8.13. The number of nitrogens with one attached hydrogen (secondary N) is 2. The van der Waals surface area contributed by atoms with Crippen molar-refractivity contribution in [1.29, 1.82) is 5.26 Å². The van der Waals surface area contributed by atoms with Gasteiger partial charge in [0.1, 0.15) is 28.4 Å². The molecule has 196 valence electrons. The summed E-state index contributed by atoms with van der Waals surface area (Å²) in [7, 11) is 1.47. The summed E-state index contributed by atoms with van der Waals surface area (Å²) < 4.78 is 56.0. The maximum atomic E-state index is 15.4. The summed E-state index contributed by atoms with van der Waals surface area (Å²) in [6.45, 7) is 2.25. The first-order valence-electron chi connectivity index (χ1n) is 11.5. The van der Waals surface area contributed by atoms with Gasteiger partial charge in [-0.3, -0.25) is 14.5 Å². The molecule has 38 heavy (non-hydrogen) atoms. The standard InChI is InChI=1S/C24H20F4N8O2/c1-30-22(37)15-3-5-17(16(10-29)32-15)35-8-6-34(7-9-35)12-13-2-4-18-20(19(13)25)33-23(38)21-14(24(26,27)28)11-31-36(18)21/h2-5,11H,6-9,12H2,1H3,(H,30,37)(H,33,38). The normalized spacial score (nSPS) is 14.7. The number of nitriles is 1. The molecule has 2 N–H and O–H groups in total. The maximum absolute atomic E-state index is 15.4. The van der Waals surface area contributed by atoms with Crippen LogP contribution in [0.25, 0.3) is 16.6 Å². The quantitative estimate of drug-likeness (QED) is 0.390. The third-order valence-corrected chi connectivity index (χ3v) is 6.50. The van der Waals surface area contributed by atoms with Crippen LogP contribution < -0.4 is 15.8 Å². The third kappa shape index (κ3) is 4.30. The molecule has 1 amide bonds. The minimum absolute atomic E-state index is 0.0119. The fourth-order valence-electron chi connectivity index (χ4n) is 4.59. The van der Waals surface area contributed by atoms with Crippen molar-refractivity contribution < 1.29 is 22.4 Å². The average molecular weight is 528 g/mol. The monoisotopic (exact) mass is 528 g/mol. The van der Waals surface area contributed by atoms with Gasteiger partial charge in [-0.15, -0.1) is 0 Å². The van der Waals surface area contributed by atoms with Gasteiger partial charge in [-0.05, 0) is 18.2 Å². The number of anilines is 1. The largest absolute Gasteiger partial charge is 0.420 e. The van der Waals surface area contributed by atoms with Crippen molar-refractivity contribution >= 4 is 28.1 Å². The molecule has 1 saturated heterocycles. The lowest BCUT2D eigenvalue weighted by Gasteiger charge is -2.36. The minimum atomic E-state index is -4.78. The number of pyridine rings is 1. The van der Waals surface area contributed by atoms with Crippen LogP contribution in [0, 0.1) is 17.1 Å². The number of hydrogen-bond donors (Lipinski definition) is 2. The van der Waals surface area contributed by atoms with E-state index in [9.17, 15) is 28.0 Å². The van der Waals surface area contributed by atoms with Gasteiger partial charge in [0.2, 0.25) is 0 Å². The van der Waals surface area contributed by atoms with Gasteiger partial charge < -0.3 is 15.2 Å². The molecular weight excluding hydrogens is 508 g/mol. The Morgan fingerprint density at radius 2 is 1.92 bits per heavy atom. The van der Waals surface area contributed by atoms with Gasteiger partial charge in [-0.25, -0.2) is 13.9 Å². The predicted octanol–water partition coefficient (Wildman–Crippen LogP) is 2.28. The highest BCUT2D eigenvalue weighted by molar-refractivity contribution is 5.92. The number of aromatic amines is 1. The van der Waals surface area contributed by atoms with Crippen LogP contribution in [0.5, 0.6) is 0 Å². The van der Waals surface area contributed by atoms with Gasteiger partial charge in [0.15, 0.2) is 11.5 Å². The number of rotatable bonds is 4. The molecule has 3 aromatic heterocycles. The molecule has 0 spiro atoms. The molecule has 1 fully saturated rings. The van der Waals surface area contributed by atoms with Gasteiger partial charge in [0.25, 0.3) is 11.5 Å². The molecule has 1 aliphatic heterocycles. The van der Waals surface area contributed by atoms with Gasteiger partial charge in [0.05, 0.1) is 17.4 Å². The van der Waals surface area contributed by atoms with E-state index in [0.717, 1.165) is 4.52 Å². The number of hydrogen-bond acceptors (Lipinski definition) is 7. The molecule has 14 heteroatoms. The number of alkyl halides is 3. The van der Waals surface area contributed by atoms with Crippen molar-refractivity contribution in [2.24, 2.45) is 0 Å². The summed E-state index contributed by atoms with van der Waals surface area (Å²) in [5.41, 5.74) is -2.07. The number of carbonyl (C=O) groups is 1. The van der Waals surface area contributed by atoms with Gasteiger partial charge in [0, 0.05) is 45.3 Å². The molecule has 4 aromatic rings. The molecular formula is C24H20F4N8O2. The number of amides is 1.